The van der Waals surface area contributed by atoms with Gasteiger partial charge in [-0.3, -0.25) is 4.90 Å². The number of terminal acetylenes is 1. The molecule has 4 aliphatic rings. The lowest BCUT2D eigenvalue weighted by Crippen LogP contribution is -2.52. The van der Waals surface area contributed by atoms with E-state index in [2.05, 4.69) is 29.7 Å². The summed E-state index contributed by atoms with van der Waals surface area (Å²) in [5.74, 6) is 2.10. The third-order valence-electron chi connectivity index (χ3n) is 12.0. The van der Waals surface area contributed by atoms with Crippen molar-refractivity contribution in [3.8, 4) is 41.2 Å². The van der Waals surface area contributed by atoms with Crippen molar-refractivity contribution < 1.29 is 28.1 Å². The maximum atomic E-state index is 17.2. The summed E-state index contributed by atoms with van der Waals surface area (Å²) in [5, 5.41) is 11.7. The van der Waals surface area contributed by atoms with E-state index in [9.17, 15) is 5.11 Å². The zero-order valence-electron chi connectivity index (χ0n) is 29.6. The number of piperidine rings is 1. The van der Waals surface area contributed by atoms with E-state index in [0.29, 0.717) is 61.0 Å². The van der Waals surface area contributed by atoms with Gasteiger partial charge in [-0.05, 0) is 80.0 Å². The maximum absolute atomic E-state index is 17.2. The fraction of sp³-hybridized carbons (Fsp3) is 0.525. The number of aromatic hydroxyl groups is 1. The lowest BCUT2D eigenvalue weighted by Gasteiger charge is -2.46. The molecule has 0 unspecified atom stereocenters. The van der Waals surface area contributed by atoms with Gasteiger partial charge >= 0.3 is 6.01 Å². The van der Waals surface area contributed by atoms with Crippen LogP contribution < -0.4 is 14.4 Å². The second kappa shape index (κ2) is 13.1. The van der Waals surface area contributed by atoms with E-state index in [-0.39, 0.29) is 50.8 Å². The van der Waals surface area contributed by atoms with Crippen LogP contribution in [0.15, 0.2) is 24.3 Å². The quantitative estimate of drug-likeness (QED) is 0.194. The number of ether oxygens (including phenoxy) is 3. The topological polar surface area (TPSA) is 93.1 Å². The van der Waals surface area contributed by atoms with Crippen LogP contribution in [-0.4, -0.2) is 84.1 Å². The van der Waals surface area contributed by atoms with E-state index in [4.69, 9.17) is 30.6 Å². The minimum atomic E-state index is -0.780. The van der Waals surface area contributed by atoms with Gasteiger partial charge in [-0.1, -0.05) is 32.3 Å². The molecule has 3 atom stereocenters. The van der Waals surface area contributed by atoms with Gasteiger partial charge in [0.25, 0.3) is 0 Å². The number of anilines is 1. The lowest BCUT2D eigenvalue weighted by atomic mass is 9.75. The number of hydrogen-bond donors (Lipinski definition) is 1. The third-order valence-corrected chi connectivity index (χ3v) is 12.0. The number of likely N-dealkylation sites (tertiary alicyclic amines) is 1. The lowest BCUT2D eigenvalue weighted by molar-refractivity contribution is -0.00384. The maximum Gasteiger partial charge on any atom is 0.319 e. The fourth-order valence-corrected chi connectivity index (χ4v) is 9.04. The highest BCUT2D eigenvalue weighted by Crippen LogP contribution is 2.54. The second-order valence-electron chi connectivity index (χ2n) is 15.5. The number of benzene rings is 2. The van der Waals surface area contributed by atoms with Crippen molar-refractivity contribution in [3.63, 3.8) is 0 Å². The molecule has 4 fully saturated rings. The van der Waals surface area contributed by atoms with Gasteiger partial charge in [-0.2, -0.15) is 9.97 Å². The number of pyridine rings is 1. The molecule has 2 aromatic carbocycles. The summed E-state index contributed by atoms with van der Waals surface area (Å²) in [7, 11) is 1.45. The molecule has 2 saturated heterocycles. The fourth-order valence-electron chi connectivity index (χ4n) is 9.04. The molecule has 8 rings (SSSR count). The Labute approximate surface area is 297 Å². The summed E-state index contributed by atoms with van der Waals surface area (Å²) in [6, 6.07) is 6.02. The SMILES string of the molecule is C#Cc1c(F)ccc2cc(O)cc(-c3nc(OC)c4c(N5CCCOCC5)nc(OC[C@]56CCC[C@H]5N(C[C@H]5CC5(C)C)CCC6)nc4c3F)c12. The van der Waals surface area contributed by atoms with Crippen molar-refractivity contribution >= 4 is 27.5 Å². The number of methoxy groups -OCH3 is 1. The Morgan fingerprint density at radius 1 is 1.04 bits per heavy atom. The molecule has 0 amide bonds. The molecule has 4 heterocycles. The van der Waals surface area contributed by atoms with E-state index in [1.54, 1.807) is 0 Å². The van der Waals surface area contributed by atoms with Gasteiger partial charge in [-0.15, -0.1) is 6.42 Å². The summed E-state index contributed by atoms with van der Waals surface area (Å²) >= 11 is 0. The van der Waals surface area contributed by atoms with Gasteiger partial charge < -0.3 is 24.2 Å². The van der Waals surface area contributed by atoms with Crippen molar-refractivity contribution in [2.75, 3.05) is 58.0 Å². The number of aromatic nitrogens is 3. The molecule has 2 aliphatic heterocycles. The van der Waals surface area contributed by atoms with Gasteiger partial charge in [0.05, 0.1) is 25.9 Å². The summed E-state index contributed by atoms with van der Waals surface area (Å²) in [4.78, 5) is 19.0. The van der Waals surface area contributed by atoms with Gasteiger partial charge in [0.15, 0.2) is 5.82 Å². The van der Waals surface area contributed by atoms with Crippen molar-refractivity contribution in [3.05, 3.63) is 41.5 Å². The van der Waals surface area contributed by atoms with Crippen LogP contribution >= 0.6 is 0 Å². The van der Waals surface area contributed by atoms with Crippen LogP contribution in [-0.2, 0) is 4.74 Å². The average Bonchev–Trinajstić information content (AvgIpc) is 3.63. The summed E-state index contributed by atoms with van der Waals surface area (Å²) < 4.78 is 50.3. The molecule has 0 radical (unpaired) electrons. The highest BCUT2D eigenvalue weighted by atomic mass is 19.1. The largest absolute Gasteiger partial charge is 0.508 e. The van der Waals surface area contributed by atoms with E-state index >= 15 is 8.78 Å². The Hall–Kier alpha value is -4.27. The Bertz CT molecular complexity index is 2040. The molecule has 2 aliphatic carbocycles. The molecule has 0 spiro atoms. The van der Waals surface area contributed by atoms with Gasteiger partial charge in [0, 0.05) is 48.6 Å². The number of phenolic OH excluding ortho intramolecular Hbond substituents is 1. The smallest absolute Gasteiger partial charge is 0.319 e. The zero-order valence-corrected chi connectivity index (χ0v) is 29.6. The first-order valence-electron chi connectivity index (χ1n) is 18.2. The molecule has 2 saturated carbocycles. The third kappa shape index (κ3) is 6.00. The predicted molar refractivity (Wildman–Crippen MR) is 192 cm³/mol. The van der Waals surface area contributed by atoms with Crippen molar-refractivity contribution in [2.24, 2.45) is 16.7 Å². The minimum Gasteiger partial charge on any atom is -0.508 e. The minimum absolute atomic E-state index is 0.0258. The van der Waals surface area contributed by atoms with Crippen LogP contribution in [0.3, 0.4) is 0 Å². The Balaban J connectivity index is 1.24. The van der Waals surface area contributed by atoms with Crippen molar-refractivity contribution in [1.29, 1.82) is 0 Å². The van der Waals surface area contributed by atoms with Crippen LogP contribution in [0.2, 0.25) is 0 Å². The molecule has 0 bridgehead atoms. The van der Waals surface area contributed by atoms with Crippen LogP contribution in [0.5, 0.6) is 17.6 Å². The first-order chi connectivity index (χ1) is 24.6. The average molecular weight is 698 g/mol. The Morgan fingerprint density at radius 2 is 1.86 bits per heavy atom. The van der Waals surface area contributed by atoms with E-state index in [1.165, 1.54) is 37.8 Å². The van der Waals surface area contributed by atoms with Crippen molar-refractivity contribution in [2.45, 2.75) is 64.8 Å². The molecule has 2 aromatic heterocycles. The monoisotopic (exact) mass is 697 g/mol. The molecular formula is C40H45F2N5O4. The summed E-state index contributed by atoms with van der Waals surface area (Å²) in [6.07, 6.45) is 13.3. The Kier molecular flexibility index (Phi) is 8.66. The molecule has 51 heavy (non-hydrogen) atoms. The number of phenols is 1. The predicted octanol–water partition coefficient (Wildman–Crippen LogP) is 7.11. The van der Waals surface area contributed by atoms with Gasteiger partial charge in [-0.25, -0.2) is 13.8 Å². The van der Waals surface area contributed by atoms with Gasteiger partial charge in [0.2, 0.25) is 5.88 Å². The van der Waals surface area contributed by atoms with E-state index < -0.39 is 11.6 Å². The normalized spacial score (nSPS) is 24.7. The summed E-state index contributed by atoms with van der Waals surface area (Å²) in [6.45, 7) is 9.64. The van der Waals surface area contributed by atoms with E-state index in [0.717, 1.165) is 57.5 Å². The van der Waals surface area contributed by atoms with Crippen LogP contribution in [0.25, 0.3) is 32.9 Å². The number of nitrogens with zero attached hydrogens (tertiary/aromatic N) is 5. The van der Waals surface area contributed by atoms with Crippen molar-refractivity contribution in [1.82, 2.24) is 19.9 Å². The highest BCUT2D eigenvalue weighted by Gasteiger charge is 2.52. The van der Waals surface area contributed by atoms with E-state index in [1.807, 2.05) is 4.90 Å². The van der Waals surface area contributed by atoms with Gasteiger partial charge in [0.1, 0.15) is 34.0 Å². The summed E-state index contributed by atoms with van der Waals surface area (Å²) in [5.41, 5.74) is 0.230. The molecular weight excluding hydrogens is 652 g/mol. The molecule has 1 N–H and O–H groups in total. The molecule has 4 aromatic rings. The van der Waals surface area contributed by atoms with Crippen LogP contribution in [0.1, 0.15) is 64.4 Å². The second-order valence-corrected chi connectivity index (χ2v) is 15.5. The molecule has 268 valence electrons. The van der Waals surface area contributed by atoms with Crippen LogP contribution in [0, 0.1) is 40.7 Å². The number of halogens is 2. The highest BCUT2D eigenvalue weighted by molar-refractivity contribution is 6.04. The molecule has 9 nitrogen and oxygen atoms in total. The number of rotatable bonds is 8. The Morgan fingerprint density at radius 3 is 2.65 bits per heavy atom. The standard InChI is InChI=1S/C40H45F2N5O4/c1-5-27-29(41)11-10-24-19-26(48)20-28(31(24)27)34-33(42)35-32(37(43-34)49-4)36(46-15-8-17-50-18-16-46)45-38(44-35)51-23-40-12-6-9-30(40)47(14-7-13-40)22-25-21-39(25,2)3/h1,10-11,19-20,25,30,48H,6-9,12-18,21-23H2,2-4H3/t25-,30-,40-/m1/s1. The van der Waals surface area contributed by atoms with Crippen LogP contribution in [0.4, 0.5) is 14.6 Å². The molecule has 11 heteroatoms. The number of fused-ring (bicyclic) bond motifs is 3. The number of hydrogen-bond acceptors (Lipinski definition) is 9. The first kappa shape index (κ1) is 33.9. The first-order valence-corrected chi connectivity index (χ1v) is 18.2. The zero-order chi connectivity index (χ0) is 35.5.